The number of guanidine groups is 1. The minimum Gasteiger partial charge on any atom is -0.361 e. The maximum atomic E-state index is 6.07. The fourth-order valence-corrected chi connectivity index (χ4v) is 3.66. The van der Waals surface area contributed by atoms with Gasteiger partial charge in [0.1, 0.15) is 52.0 Å². The van der Waals surface area contributed by atoms with Crippen molar-refractivity contribution in [1.82, 2.24) is 14.7 Å². The Morgan fingerprint density at radius 1 is 0.435 bits per heavy atom. The normalized spacial score (nSPS) is 12.2. The molecule has 0 aromatic carbocycles. The highest BCUT2D eigenvalue weighted by Gasteiger charge is 2.18. The van der Waals surface area contributed by atoms with Crippen LogP contribution in [0.1, 0.15) is 126 Å². The van der Waals surface area contributed by atoms with E-state index in [0.29, 0.717) is 78.3 Å². The van der Waals surface area contributed by atoms with Crippen LogP contribution in [0.3, 0.4) is 0 Å². The van der Waals surface area contributed by atoms with Crippen LogP contribution in [-0.4, -0.2) is 107 Å². The highest BCUT2D eigenvalue weighted by atomic mass is 16.5. The van der Waals surface area contributed by atoms with Gasteiger partial charge in [-0.05, 0) is 45.4 Å². The van der Waals surface area contributed by atoms with Crippen molar-refractivity contribution in [3.63, 3.8) is 0 Å². The Labute approximate surface area is 282 Å². The molecule has 0 aliphatic carbocycles. The van der Waals surface area contributed by atoms with E-state index in [2.05, 4.69) is 48.1 Å². The van der Waals surface area contributed by atoms with Crippen LogP contribution in [0, 0.1) is 0 Å². The summed E-state index contributed by atoms with van der Waals surface area (Å²) in [6, 6.07) is 0. The van der Waals surface area contributed by atoms with Gasteiger partial charge in [0.2, 0.25) is 5.96 Å². The first-order valence-electron chi connectivity index (χ1n) is 18.0. The van der Waals surface area contributed by atoms with Gasteiger partial charge in [-0.25, -0.2) is 0 Å². The smallest absolute Gasteiger partial charge is 0.232 e. The second-order valence-corrected chi connectivity index (χ2v) is 11.5. The van der Waals surface area contributed by atoms with Gasteiger partial charge in [-0.15, -0.1) is 0 Å². The lowest BCUT2D eigenvalue weighted by molar-refractivity contribution is -0.0281. The number of hydrogen-bond donors (Lipinski definition) is 0. The predicted octanol–water partition coefficient (Wildman–Crippen LogP) is 7.78. The average Bonchev–Trinajstić information content (AvgIpc) is 3.05. The second-order valence-electron chi connectivity index (χ2n) is 11.5. The lowest BCUT2D eigenvalue weighted by Gasteiger charge is -2.28. The highest BCUT2D eigenvalue weighted by molar-refractivity contribution is 5.95. The minimum atomic E-state index is 0.287. The molecule has 0 N–H and O–H groups in total. The molecule has 11 heteroatoms. The fraction of sp³-hybridized carbons (Fsp3) is 0.886. The number of ether oxygens (including phenoxy) is 6. The number of unbranched alkanes of at least 4 members (excludes halogenated alkanes) is 6. The van der Waals surface area contributed by atoms with E-state index in [0.717, 1.165) is 82.9 Å². The van der Waals surface area contributed by atoms with E-state index in [9.17, 15) is 0 Å². The van der Waals surface area contributed by atoms with Gasteiger partial charge in [0.05, 0.1) is 0 Å². The summed E-state index contributed by atoms with van der Waals surface area (Å²) in [5.74, 6) is 1.66. The van der Waals surface area contributed by atoms with Gasteiger partial charge in [0.25, 0.3) is 0 Å². The fourth-order valence-electron chi connectivity index (χ4n) is 3.66. The van der Waals surface area contributed by atoms with Crippen molar-refractivity contribution in [1.29, 1.82) is 0 Å². The average molecular weight is 658 g/mol. The molecule has 0 rings (SSSR count). The molecule has 0 aliphatic heterocycles. The van der Waals surface area contributed by atoms with E-state index < -0.39 is 0 Å². The summed E-state index contributed by atoms with van der Waals surface area (Å²) < 4.78 is 36.0. The third-order valence-electron chi connectivity index (χ3n) is 6.93. The van der Waals surface area contributed by atoms with Gasteiger partial charge in [0.15, 0.2) is 0 Å². The zero-order valence-electron chi connectivity index (χ0n) is 30.9. The molecular weight excluding hydrogens is 586 g/mol. The molecule has 0 atom stereocenters. The van der Waals surface area contributed by atoms with Gasteiger partial charge < -0.3 is 38.2 Å². The summed E-state index contributed by atoms with van der Waals surface area (Å²) in [6.45, 7) is 25.1. The van der Waals surface area contributed by atoms with Crippen molar-refractivity contribution in [3.8, 4) is 0 Å². The first-order chi connectivity index (χ1) is 22.5. The Hall–Kier alpha value is -1.76. The molecule has 0 bridgehead atoms. The van der Waals surface area contributed by atoms with Gasteiger partial charge in [-0.2, -0.15) is 9.98 Å². The molecule has 0 saturated carbocycles. The maximum Gasteiger partial charge on any atom is 0.232 e. The molecular formula is C35H71N5O6. The highest BCUT2D eigenvalue weighted by Crippen LogP contribution is 2.11. The van der Waals surface area contributed by atoms with Crippen LogP contribution in [0.25, 0.3) is 0 Å². The molecule has 11 nitrogen and oxygen atoms in total. The van der Waals surface area contributed by atoms with Crippen molar-refractivity contribution in [2.24, 2.45) is 9.98 Å². The molecule has 46 heavy (non-hydrogen) atoms. The lowest BCUT2D eigenvalue weighted by Crippen LogP contribution is -2.39. The lowest BCUT2D eigenvalue weighted by atomic mass is 10.4. The summed E-state index contributed by atoms with van der Waals surface area (Å²) in [5, 5.41) is 0. The first kappa shape index (κ1) is 44.2. The largest absolute Gasteiger partial charge is 0.361 e. The topological polar surface area (TPSA) is 89.8 Å². The molecule has 272 valence electrons. The van der Waals surface area contributed by atoms with Crippen LogP contribution in [0.2, 0.25) is 0 Å². The second kappa shape index (κ2) is 33.2. The summed E-state index contributed by atoms with van der Waals surface area (Å²) >= 11 is 0. The van der Waals surface area contributed by atoms with E-state index >= 15 is 0 Å². The third-order valence-corrected chi connectivity index (χ3v) is 6.93. The molecule has 0 saturated heterocycles. The molecule has 0 unspecified atom stereocenters. The molecule has 0 aromatic rings. The minimum absolute atomic E-state index is 0.287. The number of rotatable bonds is 32. The van der Waals surface area contributed by atoms with E-state index in [1.807, 2.05) is 21.6 Å². The van der Waals surface area contributed by atoms with Crippen molar-refractivity contribution >= 4 is 11.8 Å². The molecule has 0 aromatic heterocycles. The Kier molecular flexibility index (Phi) is 31.9. The van der Waals surface area contributed by atoms with Gasteiger partial charge in [-0.3, -0.25) is 4.90 Å². The zero-order chi connectivity index (χ0) is 34.1. The van der Waals surface area contributed by atoms with Gasteiger partial charge in [0, 0.05) is 39.6 Å². The van der Waals surface area contributed by atoms with Gasteiger partial charge in [-0.1, -0.05) is 86.6 Å². The number of hydrogen-bond acceptors (Lipinski definition) is 8. The van der Waals surface area contributed by atoms with E-state index in [1.54, 1.807) is 0 Å². The molecule has 0 heterocycles. The Balaban J connectivity index is 6.42. The van der Waals surface area contributed by atoms with Gasteiger partial charge >= 0.3 is 0 Å². The summed E-state index contributed by atoms with van der Waals surface area (Å²) in [4.78, 5) is 15.8. The molecule has 0 amide bonds. The third kappa shape index (κ3) is 24.4. The zero-order valence-corrected chi connectivity index (χ0v) is 30.9. The van der Waals surface area contributed by atoms with Crippen molar-refractivity contribution in [3.05, 3.63) is 12.4 Å². The monoisotopic (exact) mass is 658 g/mol. The molecule has 0 aliphatic rings. The van der Waals surface area contributed by atoms with Crippen LogP contribution in [-0.2, 0) is 28.4 Å². The summed E-state index contributed by atoms with van der Waals surface area (Å²) in [5.41, 5.74) is 0. The standard InChI is InChI=1S/C35H71N5O6/c1-9-15-21-41-27-38(28-42-22-16-10-2)33(7)36-35(40(31-45-25-19-13-5)32-46-26-20-14-6)37-34(8)39(29-43-23-17-11-3)30-44-24-18-12-4/h7,9-32H2,1-6,8H3. The SMILES string of the molecule is C=C(N=C(N=C(C)N(COCCCC)COCCCC)N(COCCCC)COCCCC)N(COCCCC)COCCCC. The van der Waals surface area contributed by atoms with Crippen LogP contribution in [0.4, 0.5) is 0 Å². The number of aliphatic imine (C=N–C) groups is 2. The van der Waals surface area contributed by atoms with Crippen LogP contribution >= 0.6 is 0 Å². The van der Waals surface area contributed by atoms with E-state index in [4.69, 9.17) is 38.4 Å². The Bertz CT molecular complexity index is 719. The Morgan fingerprint density at radius 2 is 0.717 bits per heavy atom. The number of nitrogens with zero attached hydrogens (tertiary/aromatic N) is 5. The van der Waals surface area contributed by atoms with Crippen LogP contribution in [0.5, 0.6) is 0 Å². The van der Waals surface area contributed by atoms with Crippen LogP contribution < -0.4 is 0 Å². The van der Waals surface area contributed by atoms with Crippen molar-refractivity contribution in [2.75, 3.05) is 80.0 Å². The predicted molar refractivity (Wildman–Crippen MR) is 190 cm³/mol. The van der Waals surface area contributed by atoms with Crippen LogP contribution in [0.15, 0.2) is 22.4 Å². The Morgan fingerprint density at radius 3 is 1.02 bits per heavy atom. The van der Waals surface area contributed by atoms with Crippen molar-refractivity contribution in [2.45, 2.75) is 126 Å². The summed E-state index contributed by atoms with van der Waals surface area (Å²) in [6.07, 6.45) is 12.3. The van der Waals surface area contributed by atoms with E-state index in [-0.39, 0.29) is 13.5 Å². The molecule has 0 spiro atoms. The number of amidine groups is 1. The molecule has 0 fully saturated rings. The summed E-state index contributed by atoms with van der Waals surface area (Å²) in [7, 11) is 0. The van der Waals surface area contributed by atoms with Crippen molar-refractivity contribution < 1.29 is 28.4 Å². The first-order valence-corrected chi connectivity index (χ1v) is 18.0. The molecule has 0 radical (unpaired) electrons. The van der Waals surface area contributed by atoms with E-state index in [1.165, 1.54) is 0 Å². The maximum absolute atomic E-state index is 6.07. The quantitative estimate of drug-likeness (QED) is 0.0311.